The van der Waals surface area contributed by atoms with Crippen LogP contribution in [0.1, 0.15) is 19.3 Å². The Kier molecular flexibility index (Phi) is 5.55. The van der Waals surface area contributed by atoms with Gasteiger partial charge in [0, 0.05) is 36.2 Å². The molecule has 0 unspecified atom stereocenters. The van der Waals surface area contributed by atoms with E-state index >= 15 is 0 Å². The van der Waals surface area contributed by atoms with Gasteiger partial charge in [-0.05, 0) is 25.0 Å². The summed E-state index contributed by atoms with van der Waals surface area (Å²) in [5.41, 5.74) is 0. The van der Waals surface area contributed by atoms with Gasteiger partial charge >= 0.3 is 0 Å². The highest BCUT2D eigenvalue weighted by Crippen LogP contribution is 2.18. The molecule has 4 heteroatoms. The minimum atomic E-state index is 0.181. The summed E-state index contributed by atoms with van der Waals surface area (Å²) >= 11 is 1.84. The van der Waals surface area contributed by atoms with Gasteiger partial charge in [0.2, 0.25) is 5.91 Å². The zero-order chi connectivity index (χ0) is 12.6. The lowest BCUT2D eigenvalue weighted by molar-refractivity contribution is -0.121. The molecule has 1 amide bonds. The smallest absolute Gasteiger partial charge is 0.221 e. The second-order valence-corrected chi connectivity index (χ2v) is 5.67. The minimum absolute atomic E-state index is 0.181. The van der Waals surface area contributed by atoms with E-state index in [9.17, 15) is 4.79 Å². The van der Waals surface area contributed by atoms with Gasteiger partial charge in [0.25, 0.3) is 0 Å². The van der Waals surface area contributed by atoms with Crippen LogP contribution in [0.2, 0.25) is 0 Å². The van der Waals surface area contributed by atoms with Crippen LogP contribution in [0, 0.1) is 0 Å². The third-order valence-corrected chi connectivity index (χ3v) is 3.78. The molecule has 0 radical (unpaired) electrons. The highest BCUT2D eigenvalue weighted by molar-refractivity contribution is 7.99. The number of thioether (sulfide) groups is 1. The Morgan fingerprint density at radius 2 is 2.00 bits per heavy atom. The van der Waals surface area contributed by atoms with Crippen molar-refractivity contribution in [1.29, 1.82) is 0 Å². The molecule has 1 saturated carbocycles. The summed E-state index contributed by atoms with van der Waals surface area (Å²) in [5, 5.41) is 6.28. The molecule has 98 valence electrons. The Hall–Kier alpha value is -1.00. The normalized spacial score (nSPS) is 14.4. The topological polar surface area (TPSA) is 41.1 Å². The van der Waals surface area contributed by atoms with E-state index in [1.54, 1.807) is 0 Å². The molecule has 2 rings (SSSR count). The van der Waals surface area contributed by atoms with Crippen LogP contribution in [0.15, 0.2) is 35.2 Å². The quantitative estimate of drug-likeness (QED) is 0.557. The number of hydrogen-bond acceptors (Lipinski definition) is 3. The van der Waals surface area contributed by atoms with Crippen molar-refractivity contribution in [3.05, 3.63) is 30.3 Å². The van der Waals surface area contributed by atoms with Gasteiger partial charge in [-0.1, -0.05) is 18.2 Å². The molecular weight excluding hydrogens is 244 g/mol. The maximum Gasteiger partial charge on any atom is 0.221 e. The first-order valence-corrected chi connectivity index (χ1v) is 7.51. The van der Waals surface area contributed by atoms with Crippen molar-refractivity contribution < 1.29 is 4.79 Å². The van der Waals surface area contributed by atoms with Gasteiger partial charge in [0.15, 0.2) is 0 Å². The van der Waals surface area contributed by atoms with Gasteiger partial charge in [0.1, 0.15) is 0 Å². The fourth-order valence-corrected chi connectivity index (χ4v) is 2.44. The highest BCUT2D eigenvalue weighted by atomic mass is 32.2. The first-order chi connectivity index (χ1) is 8.84. The summed E-state index contributed by atoms with van der Waals surface area (Å²) in [4.78, 5) is 12.7. The third-order valence-electron chi connectivity index (χ3n) is 2.76. The monoisotopic (exact) mass is 264 g/mol. The predicted octanol–water partition coefficient (Wildman–Crippen LogP) is 2.04. The summed E-state index contributed by atoms with van der Waals surface area (Å²) < 4.78 is 0. The first kappa shape index (κ1) is 13.4. The van der Waals surface area contributed by atoms with Crippen LogP contribution in [0.3, 0.4) is 0 Å². The Balaban J connectivity index is 1.45. The van der Waals surface area contributed by atoms with Crippen LogP contribution >= 0.6 is 11.8 Å². The molecule has 2 N–H and O–H groups in total. The van der Waals surface area contributed by atoms with Gasteiger partial charge in [-0.25, -0.2) is 0 Å². The van der Waals surface area contributed by atoms with Gasteiger partial charge in [-0.3, -0.25) is 4.79 Å². The summed E-state index contributed by atoms with van der Waals surface area (Å²) in [5.74, 6) is 1.22. The van der Waals surface area contributed by atoms with Crippen molar-refractivity contribution in [2.45, 2.75) is 30.2 Å². The molecule has 18 heavy (non-hydrogen) atoms. The number of benzene rings is 1. The summed E-state index contributed by atoms with van der Waals surface area (Å²) in [6, 6.07) is 10.9. The molecule has 0 aromatic heterocycles. The zero-order valence-electron chi connectivity index (χ0n) is 10.5. The average molecular weight is 264 g/mol. The maximum atomic E-state index is 11.4. The molecule has 0 aliphatic heterocycles. The number of carbonyl (C=O) groups is 1. The summed E-state index contributed by atoms with van der Waals surface area (Å²) in [7, 11) is 0. The van der Waals surface area contributed by atoms with Gasteiger partial charge in [0.05, 0.1) is 0 Å². The van der Waals surface area contributed by atoms with E-state index < -0.39 is 0 Å². The number of hydrogen-bond donors (Lipinski definition) is 2. The third kappa shape index (κ3) is 5.56. The lowest BCUT2D eigenvalue weighted by Gasteiger charge is -2.05. The Bertz CT molecular complexity index is 365. The largest absolute Gasteiger partial charge is 0.353 e. The van der Waals surface area contributed by atoms with E-state index in [1.807, 2.05) is 17.8 Å². The number of amides is 1. The molecule has 3 nitrogen and oxygen atoms in total. The molecule has 0 saturated heterocycles. The molecule has 1 aliphatic carbocycles. The van der Waals surface area contributed by atoms with E-state index in [0.29, 0.717) is 12.5 Å². The lowest BCUT2D eigenvalue weighted by Crippen LogP contribution is -2.29. The molecular formula is C14H20N2OS. The van der Waals surface area contributed by atoms with Crippen molar-refractivity contribution in [3.63, 3.8) is 0 Å². The number of nitrogens with one attached hydrogen (secondary N) is 2. The van der Waals surface area contributed by atoms with Crippen molar-refractivity contribution in [2.75, 3.05) is 18.8 Å². The lowest BCUT2D eigenvalue weighted by atomic mass is 10.4. The van der Waals surface area contributed by atoms with Crippen molar-refractivity contribution in [1.82, 2.24) is 10.6 Å². The van der Waals surface area contributed by atoms with Crippen molar-refractivity contribution in [3.8, 4) is 0 Å². The second-order valence-electron chi connectivity index (χ2n) is 4.50. The van der Waals surface area contributed by atoms with Gasteiger partial charge < -0.3 is 10.6 Å². The fraction of sp³-hybridized carbons (Fsp3) is 0.500. The molecule has 0 heterocycles. The fourth-order valence-electron chi connectivity index (χ4n) is 1.61. The van der Waals surface area contributed by atoms with Crippen molar-refractivity contribution in [2.24, 2.45) is 0 Å². The molecule has 0 spiro atoms. The van der Waals surface area contributed by atoms with E-state index in [4.69, 9.17) is 0 Å². The minimum Gasteiger partial charge on any atom is -0.353 e. The van der Waals surface area contributed by atoms with Gasteiger partial charge in [-0.15, -0.1) is 11.8 Å². The zero-order valence-corrected chi connectivity index (χ0v) is 11.3. The number of carbonyl (C=O) groups excluding carboxylic acids is 1. The molecule has 0 atom stereocenters. The maximum absolute atomic E-state index is 11.4. The van der Waals surface area contributed by atoms with Crippen LogP contribution in [0.25, 0.3) is 0 Å². The standard InChI is InChI=1S/C14H20N2OS/c17-14(16-12-6-7-12)8-9-15-10-11-18-13-4-2-1-3-5-13/h1-5,12,15H,6-11H2,(H,16,17). The highest BCUT2D eigenvalue weighted by Gasteiger charge is 2.22. The second kappa shape index (κ2) is 7.44. The average Bonchev–Trinajstić information content (AvgIpc) is 3.19. The molecule has 1 aliphatic rings. The van der Waals surface area contributed by atoms with E-state index in [2.05, 4.69) is 34.9 Å². The van der Waals surface area contributed by atoms with Crippen LogP contribution in [0.4, 0.5) is 0 Å². The van der Waals surface area contributed by atoms with Gasteiger partial charge in [-0.2, -0.15) is 0 Å². The van der Waals surface area contributed by atoms with E-state index in [1.165, 1.54) is 4.90 Å². The molecule has 1 aromatic rings. The summed E-state index contributed by atoms with van der Waals surface area (Å²) in [6.07, 6.45) is 2.91. The van der Waals surface area contributed by atoms with Crippen LogP contribution in [-0.2, 0) is 4.79 Å². The summed E-state index contributed by atoms with van der Waals surface area (Å²) in [6.45, 7) is 1.71. The molecule has 0 bridgehead atoms. The first-order valence-electron chi connectivity index (χ1n) is 6.52. The van der Waals surface area contributed by atoms with Crippen molar-refractivity contribution >= 4 is 17.7 Å². The Morgan fingerprint density at radius 3 is 2.72 bits per heavy atom. The Morgan fingerprint density at radius 1 is 1.22 bits per heavy atom. The predicted molar refractivity (Wildman–Crippen MR) is 75.8 cm³/mol. The SMILES string of the molecule is O=C(CCNCCSc1ccccc1)NC1CC1. The number of rotatable bonds is 8. The molecule has 1 aromatic carbocycles. The van der Waals surface area contributed by atoms with Crippen LogP contribution in [0.5, 0.6) is 0 Å². The van der Waals surface area contributed by atoms with Crippen LogP contribution < -0.4 is 10.6 Å². The Labute approximate surface area is 113 Å². The van der Waals surface area contributed by atoms with E-state index in [0.717, 1.165) is 31.7 Å². The van der Waals surface area contributed by atoms with Crippen LogP contribution in [-0.4, -0.2) is 30.8 Å². The van der Waals surface area contributed by atoms with E-state index in [-0.39, 0.29) is 5.91 Å². The molecule has 1 fully saturated rings.